The fourth-order valence-electron chi connectivity index (χ4n) is 5.08. The number of benzene rings is 2. The summed E-state index contributed by atoms with van der Waals surface area (Å²) in [4.78, 5) is 26.8. The lowest BCUT2D eigenvalue weighted by atomic mass is 10.1. The Bertz CT molecular complexity index is 1190. The third-order valence-electron chi connectivity index (χ3n) is 6.78. The molecule has 180 valence electrons. The Hall–Kier alpha value is -2.74. The van der Waals surface area contributed by atoms with E-state index in [4.69, 9.17) is 9.16 Å². The molecule has 2 heterocycles. The van der Waals surface area contributed by atoms with Crippen molar-refractivity contribution in [3.05, 3.63) is 93.3 Å². The van der Waals surface area contributed by atoms with Crippen molar-refractivity contribution in [1.29, 1.82) is 0 Å². The van der Waals surface area contributed by atoms with Gasteiger partial charge < -0.3 is 9.16 Å². The van der Waals surface area contributed by atoms with Crippen LogP contribution in [0.2, 0.25) is 5.04 Å². The van der Waals surface area contributed by atoms with Crippen LogP contribution in [0.3, 0.4) is 0 Å². The molecule has 0 spiro atoms. The van der Waals surface area contributed by atoms with Crippen LogP contribution in [0.1, 0.15) is 52.3 Å². The minimum atomic E-state index is -2.76. The lowest BCUT2D eigenvalue weighted by Crippen LogP contribution is -2.68. The van der Waals surface area contributed by atoms with Gasteiger partial charge in [-0.2, -0.15) is 0 Å². The van der Waals surface area contributed by atoms with Gasteiger partial charge in [-0.15, -0.1) is 0 Å². The molecule has 0 bridgehead atoms. The molecule has 7 heteroatoms. The number of nitrogens with one attached hydrogen (secondary N) is 1. The highest BCUT2D eigenvalue weighted by Gasteiger charge is 2.53. The van der Waals surface area contributed by atoms with Gasteiger partial charge in [0, 0.05) is 18.2 Å². The first kappa shape index (κ1) is 24.4. The van der Waals surface area contributed by atoms with Crippen LogP contribution in [0, 0.1) is 6.92 Å². The number of hydrogen-bond acceptors (Lipinski definition) is 4. The fraction of sp³-hybridized carbons (Fsp3) is 0.407. The molecule has 1 aliphatic heterocycles. The number of aromatic nitrogens is 2. The van der Waals surface area contributed by atoms with Crippen molar-refractivity contribution in [3.63, 3.8) is 0 Å². The fourth-order valence-corrected chi connectivity index (χ4v) is 9.79. The van der Waals surface area contributed by atoms with E-state index in [-0.39, 0.29) is 22.8 Å². The van der Waals surface area contributed by atoms with Crippen LogP contribution >= 0.6 is 0 Å². The second-order valence-corrected chi connectivity index (χ2v) is 14.3. The Morgan fingerprint density at radius 2 is 1.59 bits per heavy atom. The van der Waals surface area contributed by atoms with Crippen molar-refractivity contribution in [1.82, 2.24) is 9.55 Å². The van der Waals surface area contributed by atoms with E-state index in [0.717, 1.165) is 6.42 Å². The molecule has 0 unspecified atom stereocenters. The second kappa shape index (κ2) is 9.48. The standard InChI is InChI=1S/C27H34N2O4Si/c1-6-22-23(17-24(32-22)29-18-19(2)25(30)28-26(29)31)33-34(27(3,4)5,20-13-9-7-10-14-20)21-15-11-8-12-16-21/h7-16,18,22-24H,6,17H2,1-5H3,(H,28,30,31)/t22-,23-,24-/m1/s1. The maximum atomic E-state index is 12.6. The average molecular weight is 479 g/mol. The average Bonchev–Trinajstić information content (AvgIpc) is 3.22. The van der Waals surface area contributed by atoms with Crippen LogP contribution in [0.4, 0.5) is 0 Å². The lowest BCUT2D eigenvalue weighted by molar-refractivity contribution is -0.0193. The number of aryl methyl sites for hydroxylation is 1. The molecule has 0 aliphatic carbocycles. The van der Waals surface area contributed by atoms with Crippen LogP contribution in [0.25, 0.3) is 0 Å². The third kappa shape index (κ3) is 4.35. The van der Waals surface area contributed by atoms with Crippen LogP contribution in [0.5, 0.6) is 0 Å². The maximum Gasteiger partial charge on any atom is 0.330 e. The van der Waals surface area contributed by atoms with Gasteiger partial charge >= 0.3 is 5.69 Å². The Kier molecular flexibility index (Phi) is 6.80. The number of hydrogen-bond donors (Lipinski definition) is 1. The van der Waals surface area contributed by atoms with E-state index >= 15 is 0 Å². The van der Waals surface area contributed by atoms with Crippen molar-refractivity contribution in [2.75, 3.05) is 0 Å². The zero-order valence-corrected chi connectivity index (χ0v) is 21.6. The van der Waals surface area contributed by atoms with Crippen LogP contribution in [-0.2, 0) is 9.16 Å². The van der Waals surface area contributed by atoms with E-state index < -0.39 is 20.2 Å². The predicted molar refractivity (Wildman–Crippen MR) is 137 cm³/mol. The highest BCUT2D eigenvalue weighted by molar-refractivity contribution is 6.99. The normalized spacial score (nSPS) is 21.0. The minimum Gasteiger partial charge on any atom is -0.402 e. The molecule has 1 aromatic heterocycles. The SMILES string of the molecule is CC[C@H]1O[C@@H](n2cc(C)c(=O)[nH]c2=O)C[C@H]1O[Si](c1ccccc1)(c1ccccc1)C(C)(C)C. The second-order valence-electron chi connectivity index (χ2n) is 10.1. The Morgan fingerprint density at radius 3 is 2.09 bits per heavy atom. The molecule has 3 aromatic rings. The van der Waals surface area contributed by atoms with E-state index in [1.54, 1.807) is 13.1 Å². The van der Waals surface area contributed by atoms with Crippen LogP contribution in [0.15, 0.2) is 76.4 Å². The Labute approximate surface area is 201 Å². The predicted octanol–water partition coefficient (Wildman–Crippen LogP) is 3.49. The number of H-pyrrole nitrogens is 1. The van der Waals surface area contributed by atoms with Gasteiger partial charge in [0.25, 0.3) is 13.9 Å². The molecule has 34 heavy (non-hydrogen) atoms. The van der Waals surface area contributed by atoms with Crippen molar-refractivity contribution in [2.24, 2.45) is 0 Å². The van der Waals surface area contributed by atoms with Crippen molar-refractivity contribution in [2.45, 2.75) is 70.9 Å². The molecule has 6 nitrogen and oxygen atoms in total. The molecule has 4 rings (SSSR count). The summed E-state index contributed by atoms with van der Waals surface area (Å²) in [5.74, 6) is 0. The van der Waals surface area contributed by atoms with Gasteiger partial charge in [0.1, 0.15) is 6.23 Å². The number of nitrogens with zero attached hydrogens (tertiary/aromatic N) is 1. The number of aromatic amines is 1. The minimum absolute atomic E-state index is 0.155. The largest absolute Gasteiger partial charge is 0.402 e. The monoisotopic (exact) mass is 478 g/mol. The van der Waals surface area contributed by atoms with Crippen molar-refractivity contribution in [3.8, 4) is 0 Å². The summed E-state index contributed by atoms with van der Waals surface area (Å²) < 4.78 is 15.2. The number of ether oxygens (including phenoxy) is 1. The summed E-state index contributed by atoms with van der Waals surface area (Å²) in [6.07, 6.45) is 2.04. The molecule has 1 aliphatic rings. The van der Waals surface area contributed by atoms with Gasteiger partial charge in [0.15, 0.2) is 0 Å². The topological polar surface area (TPSA) is 73.3 Å². The van der Waals surface area contributed by atoms with Gasteiger partial charge in [0.05, 0.1) is 12.2 Å². The molecule has 3 atom stereocenters. The summed E-state index contributed by atoms with van der Waals surface area (Å²) in [7, 11) is -2.76. The van der Waals surface area contributed by atoms with E-state index in [9.17, 15) is 9.59 Å². The smallest absolute Gasteiger partial charge is 0.330 e. The van der Waals surface area contributed by atoms with Gasteiger partial charge in [-0.3, -0.25) is 14.3 Å². The molecule has 1 N–H and O–H groups in total. The van der Waals surface area contributed by atoms with Gasteiger partial charge in [-0.25, -0.2) is 4.79 Å². The summed E-state index contributed by atoms with van der Waals surface area (Å²) >= 11 is 0. The third-order valence-corrected chi connectivity index (χ3v) is 11.8. The quantitative estimate of drug-likeness (QED) is 0.551. The molecule has 2 aromatic carbocycles. The zero-order chi connectivity index (χ0) is 24.5. The summed E-state index contributed by atoms with van der Waals surface area (Å²) in [6, 6.07) is 21.1. The summed E-state index contributed by atoms with van der Waals surface area (Å²) in [5.41, 5.74) is -0.347. The maximum absolute atomic E-state index is 12.6. The van der Waals surface area contributed by atoms with E-state index in [1.807, 2.05) is 12.1 Å². The first-order valence-corrected chi connectivity index (χ1v) is 13.8. The van der Waals surface area contributed by atoms with Crippen LogP contribution < -0.4 is 21.6 Å². The van der Waals surface area contributed by atoms with E-state index in [0.29, 0.717) is 12.0 Å². The first-order chi connectivity index (χ1) is 16.2. The highest BCUT2D eigenvalue weighted by Crippen LogP contribution is 2.41. The molecule has 0 amide bonds. The Morgan fingerprint density at radius 1 is 1.03 bits per heavy atom. The van der Waals surface area contributed by atoms with Gasteiger partial charge in [-0.05, 0) is 28.8 Å². The zero-order valence-electron chi connectivity index (χ0n) is 20.6. The lowest BCUT2D eigenvalue weighted by Gasteiger charge is -2.45. The van der Waals surface area contributed by atoms with Crippen molar-refractivity contribution < 1.29 is 9.16 Å². The molecule has 1 fully saturated rings. The molecular formula is C27H34N2O4Si. The van der Waals surface area contributed by atoms with Gasteiger partial charge in [0.2, 0.25) is 0 Å². The summed E-state index contributed by atoms with van der Waals surface area (Å²) in [6.45, 7) is 10.5. The molecule has 0 radical (unpaired) electrons. The van der Waals surface area contributed by atoms with E-state index in [1.165, 1.54) is 14.9 Å². The molecule has 1 saturated heterocycles. The first-order valence-electron chi connectivity index (χ1n) is 11.9. The van der Waals surface area contributed by atoms with Gasteiger partial charge in [-0.1, -0.05) is 88.4 Å². The molecule has 0 saturated carbocycles. The van der Waals surface area contributed by atoms with Crippen LogP contribution in [-0.4, -0.2) is 30.1 Å². The summed E-state index contributed by atoms with van der Waals surface area (Å²) in [5, 5.41) is 2.27. The highest BCUT2D eigenvalue weighted by atomic mass is 28.4. The van der Waals surface area contributed by atoms with E-state index in [2.05, 4.69) is 81.2 Å². The Balaban J connectivity index is 1.79. The number of rotatable bonds is 6. The molecular weight excluding hydrogens is 444 g/mol. The van der Waals surface area contributed by atoms with Crippen molar-refractivity contribution >= 4 is 18.7 Å².